The molecule has 2 fully saturated rings. The molecule has 0 aromatic heterocycles. The Morgan fingerprint density at radius 1 is 1.03 bits per heavy atom. The Hall–Kier alpha value is -1.65. The predicted molar refractivity (Wildman–Crippen MR) is 133 cm³/mol. The van der Waals surface area contributed by atoms with Crippen LogP contribution in [0.3, 0.4) is 0 Å². The van der Waals surface area contributed by atoms with Crippen molar-refractivity contribution in [1.82, 2.24) is 10.6 Å². The molecule has 1 aromatic rings. The van der Waals surface area contributed by atoms with Crippen molar-refractivity contribution < 1.29 is 9.53 Å². The molecule has 2 aliphatic rings. The second-order valence-electron chi connectivity index (χ2n) is 11.4. The number of esters is 1. The lowest BCUT2D eigenvalue weighted by atomic mass is 9.88. The fourth-order valence-electron chi connectivity index (χ4n) is 4.68. The molecule has 4 heteroatoms. The third kappa shape index (κ3) is 7.45. The lowest BCUT2D eigenvalue weighted by Gasteiger charge is -2.33. The van der Waals surface area contributed by atoms with Crippen LogP contribution in [0.5, 0.6) is 0 Å². The molecule has 2 atom stereocenters. The minimum atomic E-state index is -0.509. The van der Waals surface area contributed by atoms with Gasteiger partial charge >= 0.3 is 5.97 Å². The molecule has 0 bridgehead atoms. The Morgan fingerprint density at radius 2 is 1.66 bits per heavy atom. The Bertz CT molecular complexity index is 770. The molecule has 0 amide bonds. The smallest absolute Gasteiger partial charge is 0.313 e. The number of hydrogen-bond acceptors (Lipinski definition) is 4. The van der Waals surface area contributed by atoms with Gasteiger partial charge in [0.15, 0.2) is 0 Å². The summed E-state index contributed by atoms with van der Waals surface area (Å²) in [6.45, 7) is 12.7. The summed E-state index contributed by atoms with van der Waals surface area (Å²) in [5.74, 6) is 0.577. The van der Waals surface area contributed by atoms with Crippen molar-refractivity contribution in [3.63, 3.8) is 0 Å². The molecular weight excluding hydrogens is 396 g/mol. The van der Waals surface area contributed by atoms with Crippen molar-refractivity contribution in [2.75, 3.05) is 6.54 Å². The van der Waals surface area contributed by atoms with E-state index in [1.807, 2.05) is 34.6 Å². The highest BCUT2D eigenvalue weighted by molar-refractivity contribution is 5.76. The van der Waals surface area contributed by atoms with E-state index in [9.17, 15) is 4.79 Å². The van der Waals surface area contributed by atoms with Gasteiger partial charge in [-0.1, -0.05) is 48.9 Å². The Balaban J connectivity index is 1.39. The van der Waals surface area contributed by atoms with Gasteiger partial charge in [0.25, 0.3) is 0 Å². The third-order valence-corrected chi connectivity index (χ3v) is 6.79. The van der Waals surface area contributed by atoms with Crippen LogP contribution in [0.1, 0.15) is 85.6 Å². The molecule has 2 saturated carbocycles. The topological polar surface area (TPSA) is 50.4 Å². The molecule has 3 rings (SSSR count). The molecule has 0 unspecified atom stereocenters. The molecule has 1 aromatic carbocycles. The van der Waals surface area contributed by atoms with E-state index >= 15 is 0 Å². The number of carbonyl (C=O) groups excluding carboxylic acids is 1. The van der Waals surface area contributed by atoms with Crippen molar-refractivity contribution in [3.05, 3.63) is 41.5 Å². The number of rotatable bonds is 9. The van der Waals surface area contributed by atoms with Gasteiger partial charge in [-0.15, -0.1) is 0 Å². The van der Waals surface area contributed by atoms with E-state index in [2.05, 4.69) is 54.0 Å². The van der Waals surface area contributed by atoms with E-state index in [0.717, 1.165) is 6.42 Å². The van der Waals surface area contributed by atoms with Gasteiger partial charge in [0.2, 0.25) is 0 Å². The van der Waals surface area contributed by atoms with Gasteiger partial charge < -0.3 is 15.4 Å². The van der Waals surface area contributed by atoms with E-state index in [4.69, 9.17) is 4.74 Å². The van der Waals surface area contributed by atoms with Crippen molar-refractivity contribution in [2.45, 2.75) is 104 Å². The van der Waals surface area contributed by atoms with Crippen LogP contribution in [-0.2, 0) is 9.53 Å². The van der Waals surface area contributed by atoms with Gasteiger partial charge in [0.1, 0.15) is 5.60 Å². The highest BCUT2D eigenvalue weighted by Crippen LogP contribution is 2.40. The molecule has 0 heterocycles. The fraction of sp³-hybridized carbons (Fsp3) is 0.679. The number of hydrogen-bond donors (Lipinski definition) is 2. The molecule has 178 valence electrons. The minimum Gasteiger partial charge on any atom is -0.460 e. The maximum atomic E-state index is 12.5. The maximum absolute atomic E-state index is 12.5. The van der Waals surface area contributed by atoms with Crippen molar-refractivity contribution >= 4 is 12.0 Å². The SMILES string of the molecule is CC/C(=C\c1ccccc1)[C@H]1C[C@@H]1NC1CCC(NCC(C)(C)C(=O)OC(C)(C)C)CC1. The van der Waals surface area contributed by atoms with Crippen LogP contribution in [0.4, 0.5) is 0 Å². The first-order valence-electron chi connectivity index (χ1n) is 12.6. The number of benzene rings is 1. The van der Waals surface area contributed by atoms with Gasteiger partial charge in [-0.3, -0.25) is 4.79 Å². The monoisotopic (exact) mass is 440 g/mol. The number of nitrogens with one attached hydrogen (secondary N) is 2. The average Bonchev–Trinajstić information content (AvgIpc) is 3.50. The van der Waals surface area contributed by atoms with Gasteiger partial charge in [0.05, 0.1) is 5.41 Å². The van der Waals surface area contributed by atoms with Crippen LogP contribution in [0.15, 0.2) is 35.9 Å². The van der Waals surface area contributed by atoms with Crippen LogP contribution in [0.25, 0.3) is 6.08 Å². The fourth-order valence-corrected chi connectivity index (χ4v) is 4.68. The summed E-state index contributed by atoms with van der Waals surface area (Å²) in [6.07, 6.45) is 9.53. The summed E-state index contributed by atoms with van der Waals surface area (Å²) in [5.41, 5.74) is 1.95. The molecule has 0 radical (unpaired) electrons. The Kier molecular flexibility index (Phi) is 8.21. The zero-order valence-electron chi connectivity index (χ0n) is 21.0. The van der Waals surface area contributed by atoms with Gasteiger partial charge in [0, 0.05) is 24.7 Å². The molecule has 4 nitrogen and oxygen atoms in total. The minimum absolute atomic E-state index is 0.122. The van der Waals surface area contributed by atoms with E-state index in [-0.39, 0.29) is 5.97 Å². The number of ether oxygens (including phenoxy) is 1. The highest BCUT2D eigenvalue weighted by Gasteiger charge is 2.40. The van der Waals surface area contributed by atoms with Crippen molar-refractivity contribution in [3.8, 4) is 0 Å². The van der Waals surface area contributed by atoms with E-state index < -0.39 is 11.0 Å². The lowest BCUT2D eigenvalue weighted by Crippen LogP contribution is -2.46. The zero-order valence-corrected chi connectivity index (χ0v) is 21.0. The van der Waals surface area contributed by atoms with Crippen molar-refractivity contribution in [1.29, 1.82) is 0 Å². The van der Waals surface area contributed by atoms with E-state index in [1.54, 1.807) is 5.57 Å². The first kappa shape index (κ1) is 25.0. The second kappa shape index (κ2) is 10.5. The highest BCUT2D eigenvalue weighted by atomic mass is 16.6. The van der Waals surface area contributed by atoms with Crippen LogP contribution >= 0.6 is 0 Å². The molecule has 32 heavy (non-hydrogen) atoms. The van der Waals surface area contributed by atoms with E-state index in [0.29, 0.717) is 30.6 Å². The van der Waals surface area contributed by atoms with Crippen molar-refractivity contribution in [2.24, 2.45) is 11.3 Å². The normalized spacial score (nSPS) is 26.6. The van der Waals surface area contributed by atoms with E-state index in [1.165, 1.54) is 37.7 Å². The van der Waals surface area contributed by atoms with Crippen LogP contribution < -0.4 is 10.6 Å². The maximum Gasteiger partial charge on any atom is 0.313 e. The number of carbonyl (C=O) groups is 1. The standard InChI is InChI=1S/C28H44N2O2/c1-7-21(17-20-11-9-8-10-12-20)24-18-25(24)30-23-15-13-22(14-16-23)29-19-28(5,6)26(31)32-27(2,3)4/h8-12,17,22-25,29-30H,7,13-16,18-19H2,1-6H3/b21-17+/t22?,23?,24-,25+/m1/s1. The summed E-state index contributed by atoms with van der Waals surface area (Å²) < 4.78 is 5.59. The molecule has 2 aliphatic carbocycles. The average molecular weight is 441 g/mol. The van der Waals surface area contributed by atoms with Crippen LogP contribution in [0.2, 0.25) is 0 Å². The summed E-state index contributed by atoms with van der Waals surface area (Å²) in [5, 5.41) is 7.58. The molecule has 2 N–H and O–H groups in total. The molecule has 0 spiro atoms. The zero-order chi connectivity index (χ0) is 23.4. The summed E-state index contributed by atoms with van der Waals surface area (Å²) >= 11 is 0. The Morgan fingerprint density at radius 3 is 2.25 bits per heavy atom. The predicted octanol–water partition coefficient (Wildman–Crippen LogP) is 5.73. The van der Waals surface area contributed by atoms with Gasteiger partial charge in [-0.25, -0.2) is 0 Å². The third-order valence-electron chi connectivity index (χ3n) is 6.79. The molecule has 0 saturated heterocycles. The molecule has 0 aliphatic heterocycles. The van der Waals surface area contributed by atoms with Crippen LogP contribution in [-0.4, -0.2) is 36.2 Å². The van der Waals surface area contributed by atoms with Gasteiger partial charge in [-0.2, -0.15) is 0 Å². The first-order chi connectivity index (χ1) is 15.1. The summed E-state index contributed by atoms with van der Waals surface area (Å²) in [6, 6.07) is 12.5. The second-order valence-corrected chi connectivity index (χ2v) is 11.4. The van der Waals surface area contributed by atoms with Crippen LogP contribution in [0, 0.1) is 11.3 Å². The lowest BCUT2D eigenvalue weighted by molar-refractivity contribution is -0.165. The Labute approximate surface area is 195 Å². The largest absolute Gasteiger partial charge is 0.460 e. The molecular formula is C28H44N2O2. The summed E-state index contributed by atoms with van der Waals surface area (Å²) in [7, 11) is 0. The quantitative estimate of drug-likeness (QED) is 0.482. The summed E-state index contributed by atoms with van der Waals surface area (Å²) in [4.78, 5) is 12.5. The van der Waals surface area contributed by atoms with Gasteiger partial charge in [-0.05, 0) is 84.6 Å². The first-order valence-corrected chi connectivity index (χ1v) is 12.6.